The third-order valence-corrected chi connectivity index (χ3v) is 2.28. The lowest BCUT2D eigenvalue weighted by Crippen LogP contribution is -1.93. The Hall–Kier alpha value is -1.95. The van der Waals surface area contributed by atoms with Gasteiger partial charge in [0.15, 0.2) is 5.65 Å². The van der Waals surface area contributed by atoms with E-state index >= 15 is 0 Å². The van der Waals surface area contributed by atoms with Crippen LogP contribution < -0.4 is 0 Å². The Labute approximate surface area is 94.8 Å². The summed E-state index contributed by atoms with van der Waals surface area (Å²) in [6.07, 6.45) is 0. The average Bonchev–Trinajstić information content (AvgIpc) is 2.83. The average molecular weight is 236 g/mol. The van der Waals surface area contributed by atoms with Gasteiger partial charge in [0, 0.05) is 6.07 Å². The molecule has 0 radical (unpaired) electrons. The van der Waals surface area contributed by atoms with E-state index in [1.807, 2.05) is 6.92 Å². The Kier molecular flexibility index (Phi) is 1.90. The smallest absolute Gasteiger partial charge is 0.223 e. The number of halogens is 1. The Morgan fingerprint density at radius 3 is 2.94 bits per heavy atom. The van der Waals surface area contributed by atoms with Crippen LogP contribution in [-0.4, -0.2) is 25.0 Å². The van der Waals surface area contributed by atoms with Crippen molar-refractivity contribution < 1.29 is 4.52 Å². The van der Waals surface area contributed by atoms with Crippen LogP contribution in [0, 0.1) is 6.92 Å². The van der Waals surface area contributed by atoms with Gasteiger partial charge in [-0.2, -0.15) is 9.61 Å². The molecule has 0 spiro atoms. The lowest BCUT2D eigenvalue weighted by molar-refractivity contribution is 0.423. The van der Waals surface area contributed by atoms with Gasteiger partial charge in [-0.1, -0.05) is 16.8 Å². The number of fused-ring (bicyclic) bond motifs is 1. The fraction of sp³-hybridized carbons (Fsp3) is 0.111. The van der Waals surface area contributed by atoms with E-state index in [2.05, 4.69) is 20.5 Å². The maximum Gasteiger partial charge on any atom is 0.223 e. The maximum atomic E-state index is 5.81. The highest BCUT2D eigenvalue weighted by atomic mass is 35.5. The van der Waals surface area contributed by atoms with E-state index in [1.54, 1.807) is 18.2 Å². The summed E-state index contributed by atoms with van der Waals surface area (Å²) in [7, 11) is 0. The largest absolute Gasteiger partial charge is 0.353 e. The molecule has 80 valence electrons. The minimum absolute atomic E-state index is 0.366. The monoisotopic (exact) mass is 235 g/mol. The van der Waals surface area contributed by atoms with Gasteiger partial charge >= 0.3 is 0 Å². The van der Waals surface area contributed by atoms with Gasteiger partial charge in [-0.3, -0.25) is 0 Å². The molecule has 0 bridgehead atoms. The van der Waals surface area contributed by atoms with Crippen LogP contribution in [0.15, 0.2) is 22.7 Å². The van der Waals surface area contributed by atoms with Crippen molar-refractivity contribution in [3.05, 3.63) is 29.0 Å². The number of aromatic nitrogens is 5. The molecule has 16 heavy (non-hydrogen) atoms. The first-order valence-corrected chi connectivity index (χ1v) is 4.93. The number of rotatable bonds is 1. The molecular weight excluding hydrogens is 230 g/mol. The number of hydrogen-bond donors (Lipinski definition) is 0. The molecule has 7 heteroatoms. The number of nitrogens with zero attached hydrogens (tertiary/aromatic N) is 5. The summed E-state index contributed by atoms with van der Waals surface area (Å²) < 4.78 is 6.62. The summed E-state index contributed by atoms with van der Waals surface area (Å²) in [6.45, 7) is 1.83. The Morgan fingerprint density at radius 1 is 1.31 bits per heavy atom. The second-order valence-corrected chi connectivity index (χ2v) is 3.67. The predicted octanol–water partition coefficient (Wildman–Crippen LogP) is 1.74. The first-order valence-electron chi connectivity index (χ1n) is 4.56. The van der Waals surface area contributed by atoms with Crippen LogP contribution >= 0.6 is 11.6 Å². The topological polar surface area (TPSA) is 69.1 Å². The van der Waals surface area contributed by atoms with E-state index in [4.69, 9.17) is 16.1 Å². The van der Waals surface area contributed by atoms with Crippen LogP contribution in [0.3, 0.4) is 0 Å². The zero-order chi connectivity index (χ0) is 11.1. The highest BCUT2D eigenvalue weighted by Crippen LogP contribution is 2.18. The summed E-state index contributed by atoms with van der Waals surface area (Å²) in [6, 6.07) is 5.15. The number of hydrogen-bond acceptors (Lipinski definition) is 5. The molecule has 0 fully saturated rings. The molecule has 3 aromatic rings. The van der Waals surface area contributed by atoms with Gasteiger partial charge in [0.05, 0.1) is 5.69 Å². The van der Waals surface area contributed by atoms with E-state index < -0.39 is 0 Å². The Bertz CT molecular complexity index is 659. The van der Waals surface area contributed by atoms with Crippen LogP contribution in [-0.2, 0) is 0 Å². The lowest BCUT2D eigenvalue weighted by atomic mass is 10.4. The molecule has 3 aromatic heterocycles. The highest BCUT2D eigenvalue weighted by molar-refractivity contribution is 6.29. The van der Waals surface area contributed by atoms with Crippen molar-refractivity contribution in [3.8, 4) is 11.6 Å². The van der Waals surface area contributed by atoms with Gasteiger partial charge in [0.2, 0.25) is 11.6 Å². The van der Waals surface area contributed by atoms with E-state index in [0.717, 1.165) is 5.69 Å². The second-order valence-electron chi connectivity index (χ2n) is 3.28. The van der Waals surface area contributed by atoms with Crippen LogP contribution in [0.4, 0.5) is 0 Å². The Balaban J connectivity index is 2.27. The first kappa shape index (κ1) is 9.29. The van der Waals surface area contributed by atoms with Gasteiger partial charge in [0.1, 0.15) is 5.15 Å². The zero-order valence-electron chi connectivity index (χ0n) is 8.25. The fourth-order valence-electron chi connectivity index (χ4n) is 1.39. The molecule has 6 nitrogen and oxygen atoms in total. The van der Waals surface area contributed by atoms with Crippen molar-refractivity contribution in [2.75, 3.05) is 0 Å². The van der Waals surface area contributed by atoms with Crippen molar-refractivity contribution in [1.29, 1.82) is 0 Å². The summed E-state index contributed by atoms with van der Waals surface area (Å²) in [4.78, 5) is 0. The maximum absolute atomic E-state index is 5.81. The molecule has 0 aliphatic heterocycles. The van der Waals surface area contributed by atoms with Gasteiger partial charge in [-0.15, -0.1) is 10.2 Å². The summed E-state index contributed by atoms with van der Waals surface area (Å²) >= 11 is 5.81. The Morgan fingerprint density at radius 2 is 2.19 bits per heavy atom. The fourth-order valence-corrected chi connectivity index (χ4v) is 1.53. The van der Waals surface area contributed by atoms with Crippen molar-refractivity contribution in [2.24, 2.45) is 0 Å². The van der Waals surface area contributed by atoms with E-state index in [1.165, 1.54) is 4.52 Å². The summed E-state index contributed by atoms with van der Waals surface area (Å²) in [5, 5.41) is 16.2. The molecule has 3 heterocycles. The molecule has 0 aromatic carbocycles. The molecule has 0 unspecified atom stereocenters. The molecule has 0 aliphatic carbocycles. The lowest BCUT2D eigenvalue weighted by Gasteiger charge is -1.94. The molecule has 0 N–H and O–H groups in total. The minimum atomic E-state index is 0.366. The van der Waals surface area contributed by atoms with E-state index in [9.17, 15) is 0 Å². The second kappa shape index (κ2) is 3.28. The molecule has 0 amide bonds. The van der Waals surface area contributed by atoms with E-state index in [-0.39, 0.29) is 0 Å². The standard InChI is InChI=1S/C9H6ClN5O/c1-5-4-6(16-14-5)9-12-11-8-3-2-7(10)13-15(8)9/h2-4H,1H3. The molecule has 3 rings (SSSR count). The minimum Gasteiger partial charge on any atom is -0.353 e. The third-order valence-electron chi connectivity index (χ3n) is 2.08. The zero-order valence-corrected chi connectivity index (χ0v) is 9.01. The summed E-state index contributed by atoms with van der Waals surface area (Å²) in [5.74, 6) is 0.998. The highest BCUT2D eigenvalue weighted by Gasteiger charge is 2.13. The quantitative estimate of drug-likeness (QED) is 0.643. The normalized spacial score (nSPS) is 11.1. The molecular formula is C9H6ClN5O. The van der Waals surface area contributed by atoms with Crippen molar-refractivity contribution in [2.45, 2.75) is 6.92 Å². The molecule has 0 saturated carbocycles. The SMILES string of the molecule is Cc1cc(-c2nnc3ccc(Cl)nn23)on1. The molecule has 0 atom stereocenters. The molecule has 0 saturated heterocycles. The van der Waals surface area contributed by atoms with Crippen LogP contribution in [0.1, 0.15) is 5.69 Å². The van der Waals surface area contributed by atoms with Crippen LogP contribution in [0.25, 0.3) is 17.2 Å². The van der Waals surface area contributed by atoms with Gasteiger partial charge in [0.25, 0.3) is 0 Å². The van der Waals surface area contributed by atoms with Crippen LogP contribution in [0.5, 0.6) is 0 Å². The first-order chi connectivity index (χ1) is 7.74. The van der Waals surface area contributed by atoms with Crippen molar-refractivity contribution in [1.82, 2.24) is 25.0 Å². The van der Waals surface area contributed by atoms with E-state index in [0.29, 0.717) is 22.4 Å². The van der Waals surface area contributed by atoms with Gasteiger partial charge in [-0.25, -0.2) is 0 Å². The third kappa shape index (κ3) is 1.35. The number of aryl methyl sites for hydroxylation is 1. The molecule has 0 aliphatic rings. The van der Waals surface area contributed by atoms with Gasteiger partial charge < -0.3 is 4.52 Å². The van der Waals surface area contributed by atoms with Crippen molar-refractivity contribution >= 4 is 17.2 Å². The van der Waals surface area contributed by atoms with Crippen LogP contribution in [0.2, 0.25) is 5.15 Å². The predicted molar refractivity (Wildman–Crippen MR) is 56.0 cm³/mol. The van der Waals surface area contributed by atoms with Crippen molar-refractivity contribution in [3.63, 3.8) is 0 Å². The van der Waals surface area contributed by atoms with Gasteiger partial charge in [-0.05, 0) is 19.1 Å². The summed E-state index contributed by atoms with van der Waals surface area (Å²) in [5.41, 5.74) is 1.38.